The summed E-state index contributed by atoms with van der Waals surface area (Å²) in [5.41, 5.74) is 2.44. The lowest BCUT2D eigenvalue weighted by molar-refractivity contribution is 0.102. The number of hydrogen-bond acceptors (Lipinski definition) is 4. The molecule has 0 unspecified atom stereocenters. The quantitative estimate of drug-likeness (QED) is 0.856. The average molecular weight is 256 g/mol. The van der Waals surface area contributed by atoms with Gasteiger partial charge in [0.25, 0.3) is 5.91 Å². The van der Waals surface area contributed by atoms with Crippen molar-refractivity contribution in [2.75, 3.05) is 11.9 Å². The third-order valence-corrected chi connectivity index (χ3v) is 2.64. The Kier molecular flexibility index (Phi) is 4.58. The Balaban J connectivity index is 1.98. The van der Waals surface area contributed by atoms with Crippen molar-refractivity contribution >= 4 is 11.6 Å². The number of benzene rings is 1. The molecule has 0 atom stereocenters. The monoisotopic (exact) mass is 256 g/mol. The van der Waals surface area contributed by atoms with Crippen molar-refractivity contribution in [3.05, 3.63) is 53.9 Å². The Morgan fingerprint density at radius 3 is 2.58 bits per heavy atom. The van der Waals surface area contributed by atoms with Crippen molar-refractivity contribution in [2.24, 2.45) is 0 Å². The number of carbonyl (C=O) groups excluding carboxylic acids is 1. The summed E-state index contributed by atoms with van der Waals surface area (Å²) in [5.74, 6) is -0.186. The van der Waals surface area contributed by atoms with E-state index in [0.29, 0.717) is 5.56 Å². The molecular formula is C14H16N4O. The van der Waals surface area contributed by atoms with E-state index >= 15 is 0 Å². The van der Waals surface area contributed by atoms with Gasteiger partial charge in [0.05, 0.1) is 18.0 Å². The van der Waals surface area contributed by atoms with Gasteiger partial charge >= 0.3 is 0 Å². The van der Waals surface area contributed by atoms with Crippen LogP contribution in [0, 0.1) is 0 Å². The summed E-state index contributed by atoms with van der Waals surface area (Å²) in [4.78, 5) is 11.9. The molecule has 0 saturated carbocycles. The summed E-state index contributed by atoms with van der Waals surface area (Å²) in [7, 11) is 0. The zero-order chi connectivity index (χ0) is 13.5. The van der Waals surface area contributed by atoms with Crippen LogP contribution in [0.3, 0.4) is 0 Å². The Morgan fingerprint density at radius 1 is 1.16 bits per heavy atom. The predicted molar refractivity (Wildman–Crippen MR) is 73.8 cm³/mol. The minimum atomic E-state index is -0.186. The lowest BCUT2D eigenvalue weighted by atomic mass is 10.2. The number of aromatic nitrogens is 2. The van der Waals surface area contributed by atoms with Gasteiger partial charge in [-0.1, -0.05) is 19.1 Å². The highest BCUT2D eigenvalue weighted by Crippen LogP contribution is 2.10. The average Bonchev–Trinajstić information content (AvgIpc) is 2.47. The third kappa shape index (κ3) is 3.86. The maximum Gasteiger partial charge on any atom is 0.257 e. The van der Waals surface area contributed by atoms with Crippen LogP contribution in [0.5, 0.6) is 0 Å². The topological polar surface area (TPSA) is 66.9 Å². The molecule has 0 bridgehead atoms. The van der Waals surface area contributed by atoms with Gasteiger partial charge in [-0.3, -0.25) is 4.79 Å². The smallest absolute Gasteiger partial charge is 0.257 e. The van der Waals surface area contributed by atoms with Crippen molar-refractivity contribution in [1.82, 2.24) is 15.5 Å². The highest BCUT2D eigenvalue weighted by Gasteiger charge is 2.05. The van der Waals surface area contributed by atoms with Gasteiger partial charge in [-0.25, -0.2) is 0 Å². The fraction of sp³-hybridized carbons (Fsp3) is 0.214. The summed E-state index contributed by atoms with van der Waals surface area (Å²) in [6.45, 7) is 3.84. The largest absolute Gasteiger partial charge is 0.322 e. The summed E-state index contributed by atoms with van der Waals surface area (Å²) in [6, 6.07) is 9.38. The lowest BCUT2D eigenvalue weighted by Crippen LogP contribution is -2.13. The van der Waals surface area contributed by atoms with Crippen molar-refractivity contribution < 1.29 is 4.79 Å². The summed E-state index contributed by atoms with van der Waals surface area (Å²) in [6.07, 6.45) is 2.93. The molecule has 1 aromatic carbocycles. The molecule has 2 aromatic rings. The minimum Gasteiger partial charge on any atom is -0.322 e. The first kappa shape index (κ1) is 13.2. The molecule has 0 aliphatic carbocycles. The molecule has 5 nitrogen and oxygen atoms in total. The SMILES string of the molecule is CCNCc1ccc(NC(=O)c2ccnnc2)cc1. The van der Waals surface area contributed by atoms with Crippen LogP contribution in [-0.2, 0) is 6.54 Å². The molecule has 1 amide bonds. The number of anilines is 1. The molecule has 0 spiro atoms. The van der Waals surface area contributed by atoms with E-state index in [-0.39, 0.29) is 5.91 Å². The van der Waals surface area contributed by atoms with Gasteiger partial charge in [0, 0.05) is 12.2 Å². The number of hydrogen-bond donors (Lipinski definition) is 2. The number of rotatable bonds is 5. The predicted octanol–water partition coefficient (Wildman–Crippen LogP) is 1.84. The van der Waals surface area contributed by atoms with E-state index in [1.165, 1.54) is 18.0 Å². The Labute approximate surface area is 112 Å². The van der Waals surface area contributed by atoms with Gasteiger partial charge in [-0.05, 0) is 30.3 Å². The number of carbonyl (C=O) groups is 1. The highest BCUT2D eigenvalue weighted by molar-refractivity contribution is 6.03. The summed E-state index contributed by atoms with van der Waals surface area (Å²) in [5, 5.41) is 13.4. The highest BCUT2D eigenvalue weighted by atomic mass is 16.1. The van der Waals surface area contributed by atoms with Crippen LogP contribution in [0.15, 0.2) is 42.7 Å². The molecular weight excluding hydrogens is 240 g/mol. The first-order valence-corrected chi connectivity index (χ1v) is 6.17. The molecule has 0 aliphatic rings. The molecule has 0 saturated heterocycles. The molecule has 2 N–H and O–H groups in total. The first-order valence-electron chi connectivity index (χ1n) is 6.17. The molecule has 1 heterocycles. The van der Waals surface area contributed by atoms with Gasteiger partial charge < -0.3 is 10.6 Å². The molecule has 0 fully saturated rings. The van der Waals surface area contributed by atoms with Crippen molar-refractivity contribution in [3.63, 3.8) is 0 Å². The second-order valence-corrected chi connectivity index (χ2v) is 4.06. The molecule has 98 valence electrons. The lowest BCUT2D eigenvalue weighted by Gasteiger charge is -2.06. The summed E-state index contributed by atoms with van der Waals surface area (Å²) < 4.78 is 0. The van der Waals surface area contributed by atoms with Crippen molar-refractivity contribution in [1.29, 1.82) is 0 Å². The van der Waals surface area contributed by atoms with Crippen LogP contribution in [0.25, 0.3) is 0 Å². The minimum absolute atomic E-state index is 0.186. The zero-order valence-corrected chi connectivity index (χ0v) is 10.8. The zero-order valence-electron chi connectivity index (χ0n) is 10.8. The Hall–Kier alpha value is -2.27. The van der Waals surface area contributed by atoms with E-state index in [4.69, 9.17) is 0 Å². The molecule has 19 heavy (non-hydrogen) atoms. The van der Waals surface area contributed by atoms with Gasteiger partial charge in [0.15, 0.2) is 0 Å². The maximum atomic E-state index is 11.9. The van der Waals surface area contributed by atoms with E-state index in [2.05, 4.69) is 27.8 Å². The Morgan fingerprint density at radius 2 is 1.95 bits per heavy atom. The molecule has 0 radical (unpaired) electrons. The third-order valence-electron chi connectivity index (χ3n) is 2.64. The van der Waals surface area contributed by atoms with Crippen LogP contribution in [0.4, 0.5) is 5.69 Å². The fourth-order valence-electron chi connectivity index (χ4n) is 1.60. The van der Waals surface area contributed by atoms with Crippen LogP contribution >= 0.6 is 0 Å². The second kappa shape index (κ2) is 6.61. The number of amides is 1. The van der Waals surface area contributed by atoms with Gasteiger partial charge in [0.2, 0.25) is 0 Å². The summed E-state index contributed by atoms with van der Waals surface area (Å²) >= 11 is 0. The number of nitrogens with zero attached hydrogens (tertiary/aromatic N) is 2. The van der Waals surface area contributed by atoms with Gasteiger partial charge in [-0.15, -0.1) is 0 Å². The molecule has 0 aliphatic heterocycles. The molecule has 2 rings (SSSR count). The van der Waals surface area contributed by atoms with E-state index in [1.54, 1.807) is 6.07 Å². The van der Waals surface area contributed by atoms with E-state index in [0.717, 1.165) is 18.8 Å². The first-order chi connectivity index (χ1) is 9.29. The van der Waals surface area contributed by atoms with Crippen LogP contribution in [-0.4, -0.2) is 22.6 Å². The van der Waals surface area contributed by atoms with Gasteiger partial charge in [0.1, 0.15) is 0 Å². The van der Waals surface area contributed by atoms with Crippen LogP contribution < -0.4 is 10.6 Å². The fourth-order valence-corrected chi connectivity index (χ4v) is 1.60. The van der Waals surface area contributed by atoms with Crippen LogP contribution in [0.2, 0.25) is 0 Å². The van der Waals surface area contributed by atoms with E-state index in [1.807, 2.05) is 24.3 Å². The van der Waals surface area contributed by atoms with Crippen LogP contribution in [0.1, 0.15) is 22.8 Å². The van der Waals surface area contributed by atoms with Crippen molar-refractivity contribution in [3.8, 4) is 0 Å². The normalized spacial score (nSPS) is 10.2. The van der Waals surface area contributed by atoms with E-state index < -0.39 is 0 Å². The number of nitrogens with one attached hydrogen (secondary N) is 2. The Bertz CT molecular complexity index is 525. The maximum absolute atomic E-state index is 11.9. The van der Waals surface area contributed by atoms with Gasteiger partial charge in [-0.2, -0.15) is 10.2 Å². The molecule has 1 aromatic heterocycles. The van der Waals surface area contributed by atoms with Crippen molar-refractivity contribution in [2.45, 2.75) is 13.5 Å². The van der Waals surface area contributed by atoms with E-state index in [9.17, 15) is 4.79 Å². The molecule has 5 heteroatoms. The standard InChI is InChI=1S/C14H16N4O/c1-2-15-9-11-3-5-13(6-4-11)18-14(19)12-7-8-16-17-10-12/h3-8,10,15H,2,9H2,1H3,(H,18,19). The second-order valence-electron chi connectivity index (χ2n) is 4.06.